The van der Waals surface area contributed by atoms with Gasteiger partial charge in [0.15, 0.2) is 0 Å². The Bertz CT molecular complexity index is 558. The number of aliphatic hydroxyl groups is 1. The molecule has 0 saturated heterocycles. The van der Waals surface area contributed by atoms with E-state index in [1.54, 1.807) is 6.20 Å². The Balaban J connectivity index is 2.30. The van der Waals surface area contributed by atoms with Crippen molar-refractivity contribution in [2.45, 2.75) is 19.8 Å². The third kappa shape index (κ3) is 3.25. The topological polar surface area (TPSA) is 47.3 Å². The molecule has 0 aliphatic rings. The molecular weight excluding hydrogens is 261 g/mol. The van der Waals surface area contributed by atoms with Crippen LogP contribution in [0, 0.1) is 5.82 Å². The van der Waals surface area contributed by atoms with Crippen molar-refractivity contribution in [3.63, 3.8) is 0 Å². The van der Waals surface area contributed by atoms with E-state index in [0.29, 0.717) is 5.82 Å². The fourth-order valence-electron chi connectivity index (χ4n) is 1.70. The van der Waals surface area contributed by atoms with Crippen molar-refractivity contribution < 1.29 is 23.0 Å². The van der Waals surface area contributed by atoms with Crippen LogP contribution in [0.4, 0.5) is 13.2 Å². The highest BCUT2D eigenvalue weighted by molar-refractivity contribution is 5.34. The first-order chi connectivity index (χ1) is 9.10. The van der Waals surface area contributed by atoms with Crippen molar-refractivity contribution in [2.75, 3.05) is 0 Å². The van der Waals surface area contributed by atoms with E-state index < -0.39 is 12.4 Å². The maximum Gasteiger partial charge on any atom is 0.387 e. The molecule has 0 saturated carbocycles. The minimum absolute atomic E-state index is 0.0791. The second-order valence-corrected chi connectivity index (χ2v) is 3.76. The minimum Gasteiger partial charge on any atom is -0.434 e. The van der Waals surface area contributed by atoms with Crippen LogP contribution in [0.3, 0.4) is 0 Å². The van der Waals surface area contributed by atoms with Crippen LogP contribution in [0.2, 0.25) is 0 Å². The van der Waals surface area contributed by atoms with Gasteiger partial charge in [0.25, 0.3) is 0 Å². The van der Waals surface area contributed by atoms with Crippen molar-refractivity contribution in [3.8, 4) is 5.75 Å². The second-order valence-electron chi connectivity index (χ2n) is 3.76. The van der Waals surface area contributed by atoms with Gasteiger partial charge in [0.1, 0.15) is 24.0 Å². The molecule has 2 rings (SSSR count). The number of halogens is 3. The Labute approximate surface area is 107 Å². The van der Waals surface area contributed by atoms with Crippen LogP contribution in [-0.2, 0) is 13.2 Å². The van der Waals surface area contributed by atoms with Gasteiger partial charge in [-0.05, 0) is 18.2 Å². The lowest BCUT2D eigenvalue weighted by Crippen LogP contribution is -2.09. The van der Waals surface area contributed by atoms with E-state index in [0.717, 1.165) is 18.2 Å². The van der Waals surface area contributed by atoms with Crippen molar-refractivity contribution in [2.24, 2.45) is 0 Å². The SMILES string of the molecule is OCc1nccn1Cc1cc(F)ccc1OC(F)F. The summed E-state index contributed by atoms with van der Waals surface area (Å²) < 4.78 is 43.5. The van der Waals surface area contributed by atoms with Gasteiger partial charge in [-0.15, -0.1) is 0 Å². The van der Waals surface area contributed by atoms with Crippen molar-refractivity contribution in [1.82, 2.24) is 9.55 Å². The first-order valence-electron chi connectivity index (χ1n) is 5.44. The van der Waals surface area contributed by atoms with Gasteiger partial charge in [-0.2, -0.15) is 8.78 Å². The number of hydrogen-bond donors (Lipinski definition) is 1. The highest BCUT2D eigenvalue weighted by atomic mass is 19.3. The third-order valence-electron chi connectivity index (χ3n) is 2.52. The summed E-state index contributed by atoms with van der Waals surface area (Å²) in [7, 11) is 0. The average molecular weight is 272 g/mol. The molecule has 0 radical (unpaired) electrons. The molecule has 2 aromatic rings. The highest BCUT2D eigenvalue weighted by Crippen LogP contribution is 2.23. The summed E-state index contributed by atoms with van der Waals surface area (Å²) >= 11 is 0. The van der Waals surface area contributed by atoms with Gasteiger partial charge >= 0.3 is 6.61 Å². The summed E-state index contributed by atoms with van der Waals surface area (Å²) in [4.78, 5) is 3.87. The molecular formula is C12H11F3N2O2. The number of ether oxygens (including phenoxy) is 1. The van der Waals surface area contributed by atoms with Crippen LogP contribution in [0.15, 0.2) is 30.6 Å². The maximum atomic E-state index is 13.2. The Morgan fingerprint density at radius 1 is 1.37 bits per heavy atom. The number of aromatic nitrogens is 2. The summed E-state index contributed by atoms with van der Waals surface area (Å²) in [6.45, 7) is -3.20. The molecule has 0 fully saturated rings. The fourth-order valence-corrected chi connectivity index (χ4v) is 1.70. The number of alkyl halides is 2. The summed E-state index contributed by atoms with van der Waals surface area (Å²) in [6.07, 6.45) is 3.01. The molecule has 19 heavy (non-hydrogen) atoms. The normalized spacial score (nSPS) is 11.0. The van der Waals surface area contributed by atoms with E-state index in [1.807, 2.05) is 0 Å². The van der Waals surface area contributed by atoms with E-state index in [9.17, 15) is 13.2 Å². The van der Waals surface area contributed by atoms with Crippen LogP contribution in [0.25, 0.3) is 0 Å². The lowest BCUT2D eigenvalue weighted by molar-refractivity contribution is -0.0505. The van der Waals surface area contributed by atoms with Gasteiger partial charge < -0.3 is 14.4 Å². The predicted octanol–water partition coefficient (Wildman–Crippen LogP) is 2.16. The Kier molecular flexibility index (Phi) is 4.06. The molecule has 1 aromatic carbocycles. The summed E-state index contributed by atoms with van der Waals surface area (Å²) in [5.74, 6) is -0.302. The first kappa shape index (κ1) is 13.4. The zero-order valence-electron chi connectivity index (χ0n) is 9.76. The quantitative estimate of drug-likeness (QED) is 0.907. The van der Waals surface area contributed by atoms with E-state index in [2.05, 4.69) is 9.72 Å². The van der Waals surface area contributed by atoms with E-state index >= 15 is 0 Å². The molecule has 1 aromatic heterocycles. The number of hydrogen-bond acceptors (Lipinski definition) is 3. The molecule has 0 amide bonds. The molecule has 0 spiro atoms. The summed E-state index contributed by atoms with van der Waals surface area (Å²) in [5.41, 5.74) is 0.244. The van der Waals surface area contributed by atoms with Crippen molar-refractivity contribution in [3.05, 3.63) is 47.8 Å². The monoisotopic (exact) mass is 272 g/mol. The number of benzene rings is 1. The number of aliphatic hydroxyl groups excluding tert-OH is 1. The van der Waals surface area contributed by atoms with Crippen LogP contribution < -0.4 is 4.74 Å². The molecule has 102 valence electrons. The lowest BCUT2D eigenvalue weighted by atomic mass is 10.2. The molecule has 0 aliphatic carbocycles. The van der Waals surface area contributed by atoms with Crippen LogP contribution >= 0.6 is 0 Å². The third-order valence-corrected chi connectivity index (χ3v) is 2.52. The predicted molar refractivity (Wildman–Crippen MR) is 60.3 cm³/mol. The van der Waals surface area contributed by atoms with Gasteiger partial charge in [-0.25, -0.2) is 9.37 Å². The van der Waals surface area contributed by atoms with Crippen LogP contribution in [0.5, 0.6) is 5.75 Å². The summed E-state index contributed by atoms with van der Waals surface area (Å²) in [6, 6.07) is 3.30. The highest BCUT2D eigenvalue weighted by Gasteiger charge is 2.12. The second kappa shape index (κ2) is 5.75. The molecule has 4 nitrogen and oxygen atoms in total. The number of imidazole rings is 1. The van der Waals surface area contributed by atoms with Crippen molar-refractivity contribution in [1.29, 1.82) is 0 Å². The number of nitrogens with zero attached hydrogens (tertiary/aromatic N) is 2. The van der Waals surface area contributed by atoms with Gasteiger partial charge in [0, 0.05) is 18.0 Å². The minimum atomic E-state index is -2.98. The maximum absolute atomic E-state index is 13.2. The molecule has 7 heteroatoms. The largest absolute Gasteiger partial charge is 0.434 e. The average Bonchev–Trinajstić information content (AvgIpc) is 2.79. The van der Waals surface area contributed by atoms with Crippen LogP contribution in [-0.4, -0.2) is 21.3 Å². The van der Waals surface area contributed by atoms with Gasteiger partial charge in [0.05, 0.1) is 6.54 Å². The molecule has 0 unspecified atom stereocenters. The van der Waals surface area contributed by atoms with Crippen molar-refractivity contribution >= 4 is 0 Å². The first-order valence-corrected chi connectivity index (χ1v) is 5.44. The van der Waals surface area contributed by atoms with Gasteiger partial charge in [-0.1, -0.05) is 0 Å². The standard InChI is InChI=1S/C12H11F3N2O2/c13-9-1-2-10(19-12(14)15)8(5-9)6-17-4-3-16-11(17)7-18/h1-5,12,18H,6-7H2. The molecule has 1 N–H and O–H groups in total. The fraction of sp³-hybridized carbons (Fsp3) is 0.250. The van der Waals surface area contributed by atoms with Gasteiger partial charge in [0.2, 0.25) is 0 Å². The van der Waals surface area contributed by atoms with E-state index in [-0.39, 0.29) is 24.5 Å². The Hall–Kier alpha value is -2.02. The van der Waals surface area contributed by atoms with Gasteiger partial charge in [-0.3, -0.25) is 0 Å². The zero-order valence-corrected chi connectivity index (χ0v) is 9.76. The molecule has 0 bridgehead atoms. The van der Waals surface area contributed by atoms with E-state index in [4.69, 9.17) is 5.11 Å². The molecule has 0 atom stereocenters. The Morgan fingerprint density at radius 2 is 2.16 bits per heavy atom. The summed E-state index contributed by atoms with van der Waals surface area (Å²) in [5, 5.41) is 9.05. The Morgan fingerprint density at radius 3 is 2.84 bits per heavy atom. The van der Waals surface area contributed by atoms with E-state index in [1.165, 1.54) is 10.8 Å². The lowest BCUT2D eigenvalue weighted by Gasteiger charge is -2.12. The molecule has 1 heterocycles. The van der Waals surface area contributed by atoms with Crippen LogP contribution in [0.1, 0.15) is 11.4 Å². The number of rotatable bonds is 5. The molecule has 0 aliphatic heterocycles. The zero-order chi connectivity index (χ0) is 13.8. The smallest absolute Gasteiger partial charge is 0.387 e.